The molecule has 2 aliphatic rings. The maximum Gasteiger partial charge on any atom is 0.433 e. The van der Waals surface area contributed by atoms with Gasteiger partial charge in [-0.2, -0.15) is 18.2 Å². The number of hydrogen-bond acceptors (Lipinski definition) is 8. The van der Waals surface area contributed by atoms with Gasteiger partial charge in [-0.1, -0.05) is 13.8 Å². The van der Waals surface area contributed by atoms with Gasteiger partial charge in [-0.05, 0) is 37.7 Å². The number of halogens is 3. The molecule has 1 saturated carbocycles. The number of amides is 1. The lowest BCUT2D eigenvalue weighted by molar-refractivity contribution is -0.141. The Bertz CT molecular complexity index is 1040. The molecule has 1 fully saturated rings. The molecular weight excluding hydrogens is 437 g/mol. The van der Waals surface area contributed by atoms with Gasteiger partial charge in [0.25, 0.3) is 0 Å². The standard InChI is InChI=1S/C21H27F3N8O/c1-10(2)16-18(33)30-15-11(3)27-20(31-17(15)32(16)4)26-9-12-7-13(8-12)28-19-25-6-5-14(29-19)21(22,23)24/h5-6,10,12-13,16H,7-9H2,1-4H3,(H,30,33)(H,25,28,29)(H,26,27,31)/t12-,13+,16-/m0/s1. The van der Waals surface area contributed by atoms with Crippen molar-refractivity contribution in [3.8, 4) is 0 Å². The van der Waals surface area contributed by atoms with Crippen molar-refractivity contribution in [3.05, 3.63) is 23.7 Å². The molecule has 0 spiro atoms. The lowest BCUT2D eigenvalue weighted by Crippen LogP contribution is -2.49. The maximum absolute atomic E-state index is 12.8. The number of alkyl halides is 3. The van der Waals surface area contributed by atoms with Crippen molar-refractivity contribution in [2.45, 2.75) is 51.9 Å². The molecule has 0 saturated heterocycles. The van der Waals surface area contributed by atoms with Crippen LogP contribution in [0.5, 0.6) is 0 Å². The molecule has 12 heteroatoms. The first-order chi connectivity index (χ1) is 15.5. The van der Waals surface area contributed by atoms with Crippen molar-refractivity contribution in [2.75, 3.05) is 34.4 Å². The molecule has 0 aromatic carbocycles. The van der Waals surface area contributed by atoms with E-state index in [1.54, 1.807) is 0 Å². The van der Waals surface area contributed by atoms with E-state index in [1.807, 2.05) is 32.7 Å². The Balaban J connectivity index is 1.33. The highest BCUT2D eigenvalue weighted by atomic mass is 19.4. The van der Waals surface area contributed by atoms with Crippen LogP contribution < -0.4 is 20.9 Å². The number of aryl methyl sites for hydroxylation is 1. The fraction of sp³-hybridized carbons (Fsp3) is 0.571. The van der Waals surface area contributed by atoms with Crippen LogP contribution in [0.2, 0.25) is 0 Å². The zero-order chi connectivity index (χ0) is 23.9. The summed E-state index contributed by atoms with van der Waals surface area (Å²) in [7, 11) is 1.86. The van der Waals surface area contributed by atoms with Gasteiger partial charge in [0.2, 0.25) is 17.8 Å². The van der Waals surface area contributed by atoms with E-state index in [4.69, 9.17) is 0 Å². The molecule has 1 aliphatic carbocycles. The summed E-state index contributed by atoms with van der Waals surface area (Å²) < 4.78 is 38.4. The van der Waals surface area contributed by atoms with Gasteiger partial charge < -0.3 is 20.9 Å². The van der Waals surface area contributed by atoms with Gasteiger partial charge in [0, 0.05) is 25.8 Å². The smallest absolute Gasteiger partial charge is 0.354 e. The van der Waals surface area contributed by atoms with Crippen LogP contribution in [0.15, 0.2) is 12.3 Å². The summed E-state index contributed by atoms with van der Waals surface area (Å²) in [5.41, 5.74) is 0.344. The highest BCUT2D eigenvalue weighted by Crippen LogP contribution is 2.35. The molecule has 1 aliphatic heterocycles. The molecular formula is C21H27F3N8O. The lowest BCUT2D eigenvalue weighted by atomic mass is 9.80. The number of likely N-dealkylation sites (N-methyl/N-ethyl adjacent to an activating group) is 1. The summed E-state index contributed by atoms with van der Waals surface area (Å²) in [6, 6.07) is 0.557. The molecule has 1 amide bonds. The minimum Gasteiger partial charge on any atom is -0.354 e. The van der Waals surface area contributed by atoms with Crippen molar-refractivity contribution >= 4 is 29.3 Å². The molecule has 0 unspecified atom stereocenters. The predicted molar refractivity (Wildman–Crippen MR) is 118 cm³/mol. The van der Waals surface area contributed by atoms with E-state index in [9.17, 15) is 18.0 Å². The van der Waals surface area contributed by atoms with E-state index in [0.29, 0.717) is 35.6 Å². The summed E-state index contributed by atoms with van der Waals surface area (Å²) in [5, 5.41) is 9.15. The van der Waals surface area contributed by atoms with Gasteiger partial charge in [-0.25, -0.2) is 15.0 Å². The van der Waals surface area contributed by atoms with Gasteiger partial charge in [0.1, 0.15) is 17.4 Å². The van der Waals surface area contributed by atoms with Crippen LogP contribution in [0.25, 0.3) is 0 Å². The quantitative estimate of drug-likeness (QED) is 0.598. The van der Waals surface area contributed by atoms with Crippen LogP contribution in [-0.2, 0) is 11.0 Å². The fourth-order valence-corrected chi connectivity index (χ4v) is 4.32. The van der Waals surface area contributed by atoms with Gasteiger partial charge >= 0.3 is 6.18 Å². The second-order valence-electron chi connectivity index (χ2n) is 8.94. The summed E-state index contributed by atoms with van der Waals surface area (Å²) in [6.45, 7) is 6.44. The Kier molecular flexibility index (Phi) is 6.02. The Morgan fingerprint density at radius 1 is 1.21 bits per heavy atom. The van der Waals surface area contributed by atoms with E-state index in [1.165, 1.54) is 0 Å². The number of anilines is 4. The molecule has 33 heavy (non-hydrogen) atoms. The zero-order valence-corrected chi connectivity index (χ0v) is 18.9. The van der Waals surface area contributed by atoms with Crippen LogP contribution >= 0.6 is 0 Å². The van der Waals surface area contributed by atoms with Crippen LogP contribution in [0, 0.1) is 18.8 Å². The number of nitrogens with zero attached hydrogens (tertiary/aromatic N) is 5. The monoisotopic (exact) mass is 464 g/mol. The number of aromatic nitrogens is 4. The van der Waals surface area contributed by atoms with E-state index in [0.717, 1.165) is 25.1 Å². The average Bonchev–Trinajstić information content (AvgIpc) is 2.70. The summed E-state index contributed by atoms with van der Waals surface area (Å²) >= 11 is 0. The molecule has 2 aromatic heterocycles. The molecule has 0 radical (unpaired) electrons. The molecule has 9 nitrogen and oxygen atoms in total. The van der Waals surface area contributed by atoms with Crippen molar-refractivity contribution in [1.29, 1.82) is 0 Å². The maximum atomic E-state index is 12.8. The van der Waals surface area contributed by atoms with Gasteiger partial charge in [0.05, 0.1) is 5.69 Å². The Labute approximate surface area is 189 Å². The molecule has 0 bridgehead atoms. The van der Waals surface area contributed by atoms with Crippen molar-refractivity contribution in [2.24, 2.45) is 11.8 Å². The summed E-state index contributed by atoms with van der Waals surface area (Å²) in [5.74, 6) is 1.52. The number of hydrogen-bond donors (Lipinski definition) is 3. The Morgan fingerprint density at radius 3 is 2.61 bits per heavy atom. The zero-order valence-electron chi connectivity index (χ0n) is 18.9. The first-order valence-electron chi connectivity index (χ1n) is 10.9. The lowest BCUT2D eigenvalue weighted by Gasteiger charge is -2.37. The van der Waals surface area contributed by atoms with Crippen molar-refractivity contribution in [3.63, 3.8) is 0 Å². The largest absolute Gasteiger partial charge is 0.433 e. The minimum absolute atomic E-state index is 0.0135. The molecule has 178 valence electrons. The highest BCUT2D eigenvalue weighted by molar-refractivity contribution is 6.03. The first kappa shape index (κ1) is 23.0. The second kappa shape index (κ2) is 8.64. The van der Waals surface area contributed by atoms with E-state index in [-0.39, 0.29) is 29.9 Å². The minimum atomic E-state index is -4.50. The highest BCUT2D eigenvalue weighted by Gasteiger charge is 2.36. The Hall–Kier alpha value is -3.18. The van der Waals surface area contributed by atoms with Gasteiger partial charge in [-0.3, -0.25) is 4.79 Å². The van der Waals surface area contributed by atoms with Gasteiger partial charge in [0.15, 0.2) is 5.82 Å². The van der Waals surface area contributed by atoms with E-state index >= 15 is 0 Å². The first-order valence-corrected chi connectivity index (χ1v) is 10.9. The van der Waals surface area contributed by atoms with Crippen LogP contribution in [0.1, 0.15) is 38.1 Å². The number of fused-ring (bicyclic) bond motifs is 1. The molecule has 1 atom stereocenters. The van der Waals surface area contributed by atoms with Crippen LogP contribution in [0.4, 0.5) is 36.6 Å². The topological polar surface area (TPSA) is 108 Å². The second-order valence-corrected chi connectivity index (χ2v) is 8.94. The number of carbonyl (C=O) groups excluding carboxylic acids is 1. The summed E-state index contributed by atoms with van der Waals surface area (Å²) in [6.07, 6.45) is -1.86. The SMILES string of the molecule is Cc1nc(NC[C@H]2C[C@@H](Nc3nccc(C(F)(F)F)n3)C2)nc2c1NC(=O)[C@H](C(C)C)N2C. The molecule has 2 aromatic rings. The van der Waals surface area contributed by atoms with Crippen molar-refractivity contribution in [1.82, 2.24) is 19.9 Å². The van der Waals surface area contributed by atoms with Crippen LogP contribution in [0.3, 0.4) is 0 Å². The molecule has 4 rings (SSSR count). The van der Waals surface area contributed by atoms with Gasteiger partial charge in [-0.15, -0.1) is 0 Å². The third-order valence-electron chi connectivity index (χ3n) is 6.03. The number of rotatable bonds is 6. The predicted octanol–water partition coefficient (Wildman–Crippen LogP) is 3.31. The number of nitrogens with one attached hydrogen (secondary N) is 3. The van der Waals surface area contributed by atoms with E-state index < -0.39 is 11.9 Å². The normalized spacial score (nSPS) is 22.5. The van der Waals surface area contributed by atoms with Crippen molar-refractivity contribution < 1.29 is 18.0 Å². The average molecular weight is 464 g/mol. The van der Waals surface area contributed by atoms with Crippen LogP contribution in [-0.4, -0.2) is 51.5 Å². The molecule has 3 heterocycles. The Morgan fingerprint density at radius 2 is 1.94 bits per heavy atom. The third-order valence-corrected chi connectivity index (χ3v) is 6.03. The number of carbonyl (C=O) groups is 1. The third kappa shape index (κ3) is 4.79. The summed E-state index contributed by atoms with van der Waals surface area (Å²) in [4.78, 5) is 30.8. The fourth-order valence-electron chi connectivity index (χ4n) is 4.32. The molecule has 3 N–H and O–H groups in total. The van der Waals surface area contributed by atoms with E-state index in [2.05, 4.69) is 35.9 Å².